The molecule has 0 unspecified atom stereocenters. The minimum Gasteiger partial charge on any atom is -0.453 e. The summed E-state index contributed by atoms with van der Waals surface area (Å²) in [6, 6.07) is 0. The second-order valence-corrected chi connectivity index (χ2v) is 2.81. The zero-order chi connectivity index (χ0) is 5.98. The van der Waals surface area contributed by atoms with E-state index in [2.05, 4.69) is 37.2 Å². The maximum Gasteiger partial charge on any atom is 0.184 e. The number of halogens is 2. The topological polar surface area (TPSA) is 21.3 Å². The van der Waals surface area contributed by atoms with E-state index in [1.54, 1.807) is 12.5 Å². The first-order chi connectivity index (χ1) is 3.79. The van der Waals surface area contributed by atoms with Crippen molar-refractivity contribution in [3.8, 4) is 0 Å². The zero-order valence-corrected chi connectivity index (χ0v) is 6.99. The molecule has 8 heavy (non-hydrogen) atoms. The molecule has 0 saturated carbocycles. The Hall–Kier alpha value is 0.0400. The first-order valence-electron chi connectivity index (χ1n) is 1.93. The van der Waals surface area contributed by atoms with Gasteiger partial charge in [0.15, 0.2) is 4.67 Å². The molecule has 0 aliphatic carbocycles. The summed E-state index contributed by atoms with van der Waals surface area (Å²) in [5.74, 6) is 0. The van der Waals surface area contributed by atoms with Gasteiger partial charge in [-0.3, -0.25) is 0 Å². The van der Waals surface area contributed by atoms with Gasteiger partial charge >= 0.3 is 0 Å². The second kappa shape index (κ2) is 2.55. The summed E-state index contributed by atoms with van der Waals surface area (Å²) < 4.78 is 6.40. The van der Waals surface area contributed by atoms with Crippen molar-refractivity contribution in [3.05, 3.63) is 21.7 Å². The molecule has 0 aromatic carbocycles. The van der Waals surface area contributed by atoms with E-state index in [9.17, 15) is 0 Å². The zero-order valence-electron chi connectivity index (χ0n) is 3.82. The van der Waals surface area contributed by atoms with E-state index in [4.69, 9.17) is 4.74 Å². The molecule has 0 fully saturated rings. The highest BCUT2D eigenvalue weighted by Crippen LogP contribution is 2.14. The van der Waals surface area contributed by atoms with Crippen LogP contribution in [0.3, 0.4) is 0 Å². The fourth-order valence-electron chi connectivity index (χ4n) is 0.302. The van der Waals surface area contributed by atoms with E-state index in [1.165, 1.54) is 0 Å². The summed E-state index contributed by atoms with van der Waals surface area (Å²) >= 11 is 6.30. The smallest absolute Gasteiger partial charge is 0.184 e. The Morgan fingerprint density at radius 1 is 1.50 bits per heavy atom. The molecule has 0 aromatic heterocycles. The molecule has 1 aliphatic rings. The molecule has 0 amide bonds. The standard InChI is InChI=1S/C4H3Br2NO/c5-3-2-8-4(6)1-7-3/h1-2,7H. The van der Waals surface area contributed by atoms with Gasteiger partial charge in [0, 0.05) is 0 Å². The molecule has 1 aliphatic heterocycles. The lowest BCUT2D eigenvalue weighted by Gasteiger charge is -2.06. The van der Waals surface area contributed by atoms with E-state index in [1.807, 2.05) is 0 Å². The third-order valence-electron chi connectivity index (χ3n) is 0.599. The monoisotopic (exact) mass is 239 g/mol. The van der Waals surface area contributed by atoms with Crippen LogP contribution in [0.2, 0.25) is 0 Å². The van der Waals surface area contributed by atoms with Crippen LogP contribution in [0, 0.1) is 0 Å². The van der Waals surface area contributed by atoms with Crippen molar-refractivity contribution in [2.75, 3.05) is 0 Å². The van der Waals surface area contributed by atoms with Gasteiger partial charge in [-0.25, -0.2) is 0 Å². The number of nitrogens with one attached hydrogen (secondary N) is 1. The summed E-state index contributed by atoms with van der Waals surface area (Å²) in [4.78, 5) is 0. The minimum atomic E-state index is 0.681. The lowest BCUT2D eigenvalue weighted by molar-refractivity contribution is 0.377. The molecule has 2 nitrogen and oxygen atoms in total. The molecular weight excluding hydrogens is 238 g/mol. The number of ether oxygens (including phenoxy) is 1. The van der Waals surface area contributed by atoms with E-state index in [-0.39, 0.29) is 0 Å². The largest absolute Gasteiger partial charge is 0.453 e. The summed E-state index contributed by atoms with van der Waals surface area (Å²) in [5, 5.41) is 2.88. The molecule has 1 N–H and O–H groups in total. The van der Waals surface area contributed by atoms with Gasteiger partial charge in [-0.1, -0.05) is 0 Å². The van der Waals surface area contributed by atoms with Crippen LogP contribution in [0.1, 0.15) is 0 Å². The first kappa shape index (κ1) is 6.16. The van der Waals surface area contributed by atoms with Gasteiger partial charge in [-0.2, -0.15) is 0 Å². The molecule has 0 aromatic rings. The number of hydrogen-bond acceptors (Lipinski definition) is 2. The minimum absolute atomic E-state index is 0.681. The predicted molar refractivity (Wildman–Crippen MR) is 38.2 cm³/mol. The molecule has 0 radical (unpaired) electrons. The van der Waals surface area contributed by atoms with Gasteiger partial charge in [0.2, 0.25) is 0 Å². The van der Waals surface area contributed by atoms with Crippen LogP contribution in [0.15, 0.2) is 21.7 Å². The summed E-state index contributed by atoms with van der Waals surface area (Å²) in [6.07, 6.45) is 3.26. The van der Waals surface area contributed by atoms with Crippen LogP contribution in [-0.2, 0) is 4.74 Å². The molecule has 4 heteroatoms. The normalized spacial score (nSPS) is 17.8. The highest BCUT2D eigenvalue weighted by atomic mass is 79.9. The molecule has 1 heterocycles. The average Bonchev–Trinajstić information content (AvgIpc) is 1.77. The molecule has 0 spiro atoms. The molecule has 0 bridgehead atoms. The number of rotatable bonds is 0. The Labute approximate surface area is 63.8 Å². The summed E-state index contributed by atoms with van der Waals surface area (Å²) in [6.45, 7) is 0. The maximum absolute atomic E-state index is 4.90. The quantitative estimate of drug-likeness (QED) is 0.654. The van der Waals surface area contributed by atoms with Gasteiger partial charge in [0.05, 0.1) is 6.20 Å². The lowest BCUT2D eigenvalue weighted by atomic mass is 10.8. The van der Waals surface area contributed by atoms with E-state index >= 15 is 0 Å². The molecular formula is C4H3Br2NO. The fourth-order valence-corrected chi connectivity index (χ4v) is 0.718. The lowest BCUT2D eigenvalue weighted by Crippen LogP contribution is -2.04. The van der Waals surface area contributed by atoms with Crippen molar-refractivity contribution in [2.24, 2.45) is 0 Å². The van der Waals surface area contributed by atoms with Gasteiger partial charge in [0.1, 0.15) is 10.9 Å². The van der Waals surface area contributed by atoms with E-state index < -0.39 is 0 Å². The Morgan fingerprint density at radius 2 is 2.25 bits per heavy atom. The van der Waals surface area contributed by atoms with Crippen LogP contribution in [0.5, 0.6) is 0 Å². The van der Waals surface area contributed by atoms with Crippen LogP contribution in [0.4, 0.5) is 0 Å². The average molecular weight is 241 g/mol. The molecule has 0 saturated heterocycles. The third kappa shape index (κ3) is 1.52. The molecule has 0 atom stereocenters. The van der Waals surface area contributed by atoms with E-state index in [0.717, 1.165) is 4.61 Å². The number of hydrogen-bond donors (Lipinski definition) is 1. The van der Waals surface area contributed by atoms with Crippen molar-refractivity contribution < 1.29 is 4.74 Å². The Kier molecular flexibility index (Phi) is 1.96. The first-order valence-corrected chi connectivity index (χ1v) is 3.52. The van der Waals surface area contributed by atoms with Crippen LogP contribution < -0.4 is 5.32 Å². The predicted octanol–water partition coefficient (Wildman–Crippen LogP) is 1.99. The Morgan fingerprint density at radius 3 is 2.62 bits per heavy atom. The molecule has 1 rings (SSSR count). The highest BCUT2D eigenvalue weighted by molar-refractivity contribution is 9.12. The third-order valence-corrected chi connectivity index (χ3v) is 1.43. The Bertz CT molecular complexity index is 134. The van der Waals surface area contributed by atoms with Crippen molar-refractivity contribution in [2.45, 2.75) is 0 Å². The van der Waals surface area contributed by atoms with Crippen molar-refractivity contribution in [1.29, 1.82) is 0 Å². The van der Waals surface area contributed by atoms with Crippen molar-refractivity contribution >= 4 is 31.9 Å². The second-order valence-electron chi connectivity index (χ2n) is 1.18. The summed E-state index contributed by atoms with van der Waals surface area (Å²) in [7, 11) is 0. The Balaban J connectivity index is 2.54. The summed E-state index contributed by atoms with van der Waals surface area (Å²) in [5.41, 5.74) is 0. The van der Waals surface area contributed by atoms with Gasteiger partial charge in [-0.05, 0) is 31.9 Å². The van der Waals surface area contributed by atoms with Gasteiger partial charge < -0.3 is 10.1 Å². The van der Waals surface area contributed by atoms with Crippen molar-refractivity contribution in [1.82, 2.24) is 5.32 Å². The van der Waals surface area contributed by atoms with Crippen LogP contribution in [-0.4, -0.2) is 0 Å². The van der Waals surface area contributed by atoms with Crippen LogP contribution >= 0.6 is 31.9 Å². The SMILES string of the molecule is BrC1=COC(Br)=CN1. The maximum atomic E-state index is 4.90. The van der Waals surface area contributed by atoms with Crippen LogP contribution in [0.25, 0.3) is 0 Å². The highest BCUT2D eigenvalue weighted by Gasteiger charge is 1.97. The van der Waals surface area contributed by atoms with Crippen molar-refractivity contribution in [3.63, 3.8) is 0 Å². The van der Waals surface area contributed by atoms with Gasteiger partial charge in [-0.15, -0.1) is 0 Å². The fraction of sp³-hybridized carbons (Fsp3) is 0. The van der Waals surface area contributed by atoms with E-state index in [0.29, 0.717) is 4.67 Å². The molecule has 44 valence electrons. The van der Waals surface area contributed by atoms with Gasteiger partial charge in [0.25, 0.3) is 0 Å².